The smallest absolute Gasteiger partial charge is 0.227 e. The lowest BCUT2D eigenvalue weighted by molar-refractivity contribution is -0.119. The predicted molar refractivity (Wildman–Crippen MR) is 103 cm³/mol. The number of carbonyl (C=O) groups is 2. The Morgan fingerprint density at radius 3 is 2.85 bits per heavy atom. The molecular weight excluding hydrogens is 344 g/mol. The highest BCUT2D eigenvalue weighted by Crippen LogP contribution is 2.38. The average molecular weight is 368 g/mol. The van der Waals surface area contributed by atoms with Crippen LogP contribution >= 0.6 is 0 Å². The number of amides is 2. The van der Waals surface area contributed by atoms with Gasteiger partial charge in [-0.1, -0.05) is 0 Å². The number of piperidine rings is 1. The van der Waals surface area contributed by atoms with E-state index >= 15 is 0 Å². The lowest BCUT2D eigenvalue weighted by atomic mass is 10.0. The molecule has 7 heteroatoms. The Morgan fingerprint density at radius 1 is 1.37 bits per heavy atom. The van der Waals surface area contributed by atoms with Crippen molar-refractivity contribution in [2.75, 3.05) is 23.9 Å². The van der Waals surface area contributed by atoms with Crippen LogP contribution in [0.3, 0.4) is 0 Å². The minimum Gasteiger partial charge on any atom is -0.494 e. The van der Waals surface area contributed by atoms with Crippen LogP contribution in [0.25, 0.3) is 0 Å². The summed E-state index contributed by atoms with van der Waals surface area (Å²) in [4.78, 5) is 26.2. The predicted octanol–water partition coefficient (Wildman–Crippen LogP) is 3.51. The molecule has 0 bridgehead atoms. The van der Waals surface area contributed by atoms with Crippen molar-refractivity contribution in [1.82, 2.24) is 0 Å². The highest BCUT2D eigenvalue weighted by atomic mass is 16.5. The van der Waals surface area contributed by atoms with Crippen molar-refractivity contribution in [3.05, 3.63) is 18.2 Å². The maximum Gasteiger partial charge on any atom is 0.227 e. The van der Waals surface area contributed by atoms with E-state index in [4.69, 9.17) is 11.2 Å². The molecule has 142 valence electrons. The summed E-state index contributed by atoms with van der Waals surface area (Å²) in [5.41, 5.74) is 0.913. The molecule has 2 heterocycles. The standard InChI is InChI=1S/C20H24N4O3/c1-3-4-11-20(22-23-20)12-10-18(25)21-15-8-9-16(17(14-15)27-2)24-13-6-5-7-19(24)26/h1,8-9,14H,4-7,10-13H2,2H3,(H,21,25). The van der Waals surface area contributed by atoms with E-state index in [9.17, 15) is 9.59 Å². The highest BCUT2D eigenvalue weighted by Gasteiger charge is 2.39. The van der Waals surface area contributed by atoms with Gasteiger partial charge in [-0.05, 0) is 25.0 Å². The van der Waals surface area contributed by atoms with Gasteiger partial charge in [-0.2, -0.15) is 10.2 Å². The molecule has 2 aliphatic heterocycles. The number of nitrogens with one attached hydrogen (secondary N) is 1. The zero-order valence-corrected chi connectivity index (χ0v) is 15.5. The van der Waals surface area contributed by atoms with E-state index in [1.165, 1.54) is 0 Å². The summed E-state index contributed by atoms with van der Waals surface area (Å²) in [6.45, 7) is 0.688. The van der Waals surface area contributed by atoms with Gasteiger partial charge in [-0.3, -0.25) is 9.59 Å². The van der Waals surface area contributed by atoms with Crippen molar-refractivity contribution in [2.45, 2.75) is 50.6 Å². The van der Waals surface area contributed by atoms with Gasteiger partial charge in [0.15, 0.2) is 5.66 Å². The maximum absolute atomic E-state index is 12.3. The number of ether oxygens (including phenoxy) is 1. The Kier molecular flexibility index (Phi) is 5.75. The third-order valence-corrected chi connectivity index (χ3v) is 4.88. The molecule has 0 aromatic heterocycles. The lowest BCUT2D eigenvalue weighted by Gasteiger charge is -2.28. The molecule has 1 aromatic carbocycles. The van der Waals surface area contributed by atoms with Gasteiger partial charge in [0.05, 0.1) is 12.8 Å². The number of anilines is 2. The van der Waals surface area contributed by atoms with E-state index in [-0.39, 0.29) is 11.8 Å². The zero-order valence-electron chi connectivity index (χ0n) is 15.5. The van der Waals surface area contributed by atoms with E-state index in [0.717, 1.165) is 18.5 Å². The van der Waals surface area contributed by atoms with Crippen LogP contribution in [0, 0.1) is 12.3 Å². The molecule has 3 rings (SSSR count). The average Bonchev–Trinajstić information content (AvgIpc) is 3.46. The molecule has 0 radical (unpaired) electrons. The van der Waals surface area contributed by atoms with Crippen molar-refractivity contribution in [2.24, 2.45) is 10.2 Å². The second-order valence-corrected chi connectivity index (χ2v) is 6.82. The van der Waals surface area contributed by atoms with Crippen LogP contribution in [0.15, 0.2) is 28.4 Å². The first-order valence-corrected chi connectivity index (χ1v) is 9.23. The van der Waals surface area contributed by atoms with Gasteiger partial charge in [0, 0.05) is 50.4 Å². The molecule has 1 N–H and O–H groups in total. The molecule has 0 aliphatic carbocycles. The molecule has 1 fully saturated rings. The molecule has 1 saturated heterocycles. The van der Waals surface area contributed by atoms with Gasteiger partial charge in [0.1, 0.15) is 5.75 Å². The maximum atomic E-state index is 12.3. The van der Waals surface area contributed by atoms with Crippen LogP contribution < -0.4 is 15.0 Å². The normalized spacial score (nSPS) is 17.3. The van der Waals surface area contributed by atoms with E-state index < -0.39 is 5.66 Å². The number of rotatable bonds is 8. The van der Waals surface area contributed by atoms with E-state index in [2.05, 4.69) is 21.5 Å². The molecule has 0 atom stereocenters. The molecule has 2 aliphatic rings. The van der Waals surface area contributed by atoms with Gasteiger partial charge >= 0.3 is 0 Å². The second kappa shape index (κ2) is 8.21. The van der Waals surface area contributed by atoms with Crippen molar-refractivity contribution >= 4 is 23.2 Å². The molecule has 0 unspecified atom stereocenters. The van der Waals surface area contributed by atoms with Crippen molar-refractivity contribution in [1.29, 1.82) is 0 Å². The monoisotopic (exact) mass is 368 g/mol. The summed E-state index contributed by atoms with van der Waals surface area (Å²) < 4.78 is 5.44. The van der Waals surface area contributed by atoms with E-state index in [0.29, 0.717) is 50.1 Å². The zero-order chi connectivity index (χ0) is 19.3. The first-order valence-electron chi connectivity index (χ1n) is 9.23. The Balaban J connectivity index is 1.59. The van der Waals surface area contributed by atoms with Crippen LogP contribution in [0.5, 0.6) is 5.75 Å². The highest BCUT2D eigenvalue weighted by molar-refractivity contribution is 5.97. The molecule has 2 amide bonds. The van der Waals surface area contributed by atoms with Gasteiger partial charge < -0.3 is 15.0 Å². The Labute approximate surface area is 159 Å². The number of carbonyl (C=O) groups excluding carboxylic acids is 2. The minimum atomic E-state index is -0.458. The fourth-order valence-electron chi connectivity index (χ4n) is 3.24. The number of hydrogen-bond acceptors (Lipinski definition) is 5. The number of benzene rings is 1. The Hall–Kier alpha value is -2.88. The minimum absolute atomic E-state index is 0.102. The summed E-state index contributed by atoms with van der Waals surface area (Å²) in [7, 11) is 1.56. The summed E-state index contributed by atoms with van der Waals surface area (Å²) in [6, 6.07) is 5.35. The molecule has 0 spiro atoms. The molecule has 1 aromatic rings. The van der Waals surface area contributed by atoms with Crippen LogP contribution in [0.2, 0.25) is 0 Å². The topological polar surface area (TPSA) is 83.4 Å². The summed E-state index contributed by atoms with van der Waals surface area (Å²) in [5, 5.41) is 10.9. The van der Waals surface area contributed by atoms with Gasteiger partial charge in [0.2, 0.25) is 11.8 Å². The lowest BCUT2D eigenvalue weighted by Crippen LogP contribution is -2.35. The van der Waals surface area contributed by atoms with E-state index in [1.54, 1.807) is 24.1 Å². The summed E-state index contributed by atoms with van der Waals surface area (Å²) >= 11 is 0. The largest absolute Gasteiger partial charge is 0.494 e. The van der Waals surface area contributed by atoms with E-state index in [1.807, 2.05) is 6.07 Å². The van der Waals surface area contributed by atoms with Gasteiger partial charge in [-0.25, -0.2) is 0 Å². The van der Waals surface area contributed by atoms with Crippen molar-refractivity contribution < 1.29 is 14.3 Å². The SMILES string of the molecule is C#CCCC1(CCC(=O)Nc2ccc(N3CCCCC3=O)c(OC)c2)N=N1. The van der Waals surface area contributed by atoms with Gasteiger partial charge in [-0.15, -0.1) is 12.3 Å². The molecular formula is C20H24N4O3. The van der Waals surface area contributed by atoms with Crippen molar-refractivity contribution in [3.63, 3.8) is 0 Å². The van der Waals surface area contributed by atoms with Crippen molar-refractivity contribution in [3.8, 4) is 18.1 Å². The third-order valence-electron chi connectivity index (χ3n) is 4.88. The summed E-state index contributed by atoms with van der Waals surface area (Å²) in [6.07, 6.45) is 9.88. The Morgan fingerprint density at radius 2 is 2.19 bits per heavy atom. The van der Waals surface area contributed by atoms with Crippen LogP contribution in [-0.2, 0) is 9.59 Å². The molecule has 7 nitrogen and oxygen atoms in total. The van der Waals surface area contributed by atoms with Crippen LogP contribution in [0.4, 0.5) is 11.4 Å². The fourth-order valence-corrected chi connectivity index (χ4v) is 3.24. The number of nitrogens with zero attached hydrogens (tertiary/aromatic N) is 3. The quantitative estimate of drug-likeness (QED) is 0.713. The van der Waals surface area contributed by atoms with Gasteiger partial charge in [0.25, 0.3) is 0 Å². The van der Waals surface area contributed by atoms with Crippen LogP contribution in [0.1, 0.15) is 44.9 Å². The van der Waals surface area contributed by atoms with Crippen LogP contribution in [-0.4, -0.2) is 31.1 Å². The number of terminal acetylenes is 1. The molecule has 0 saturated carbocycles. The second-order valence-electron chi connectivity index (χ2n) is 6.82. The number of hydrogen-bond donors (Lipinski definition) is 1. The first kappa shape index (κ1) is 18.9. The Bertz CT molecular complexity index is 791. The summed E-state index contributed by atoms with van der Waals surface area (Å²) in [5.74, 6) is 3.13. The third kappa shape index (κ3) is 4.64. The molecule has 27 heavy (non-hydrogen) atoms. The number of methoxy groups -OCH3 is 1. The fraction of sp³-hybridized carbons (Fsp3) is 0.500. The first-order chi connectivity index (χ1) is 13.1.